The van der Waals surface area contributed by atoms with Crippen LogP contribution in [0.15, 0.2) is 24.3 Å². The van der Waals surface area contributed by atoms with Gasteiger partial charge in [0.05, 0.1) is 11.4 Å². The number of nitrogens with one attached hydrogen (secondary N) is 1. The van der Waals surface area contributed by atoms with Crippen molar-refractivity contribution in [2.75, 3.05) is 25.0 Å². The molecule has 162 valence electrons. The number of rotatable bonds is 5. The molecule has 2 rings (SSSR count). The third kappa shape index (κ3) is 9.16. The average Bonchev–Trinajstić information content (AvgIpc) is 2.67. The number of carbonyl (C=O) groups is 2. The van der Waals surface area contributed by atoms with E-state index in [0.717, 1.165) is 31.7 Å². The van der Waals surface area contributed by atoms with E-state index < -0.39 is 12.1 Å². The molecule has 0 atom stereocenters. The van der Waals surface area contributed by atoms with Crippen molar-refractivity contribution in [2.24, 2.45) is 0 Å². The summed E-state index contributed by atoms with van der Waals surface area (Å²) in [5.74, 6) is -1.69. The zero-order valence-corrected chi connectivity index (χ0v) is 17.3. The van der Waals surface area contributed by atoms with Crippen molar-refractivity contribution in [3.05, 3.63) is 29.8 Å². The molecule has 2 N–H and O–H groups in total. The van der Waals surface area contributed by atoms with Gasteiger partial charge < -0.3 is 19.5 Å². The Morgan fingerprint density at radius 3 is 2.17 bits per heavy atom. The maximum Gasteiger partial charge on any atom is 0.490 e. The maximum absolute atomic E-state index is 11.7. The van der Waals surface area contributed by atoms with E-state index in [4.69, 9.17) is 24.8 Å². The van der Waals surface area contributed by atoms with Gasteiger partial charge in [-0.2, -0.15) is 13.2 Å². The fourth-order valence-electron chi connectivity index (χ4n) is 2.39. The Hall–Kier alpha value is -2.30. The van der Waals surface area contributed by atoms with Crippen LogP contribution in [0.2, 0.25) is 0 Å². The summed E-state index contributed by atoms with van der Waals surface area (Å²) >= 11 is 3.22. The predicted molar refractivity (Wildman–Crippen MR) is 103 cm³/mol. The van der Waals surface area contributed by atoms with Crippen LogP contribution in [0.4, 0.5) is 13.2 Å². The number of carboxylic acids is 1. The molecule has 1 aromatic rings. The number of benzene rings is 1. The van der Waals surface area contributed by atoms with Crippen LogP contribution in [-0.4, -0.2) is 65.1 Å². The zero-order valence-electron chi connectivity index (χ0n) is 15.7. The highest BCUT2D eigenvalue weighted by molar-refractivity contribution is 9.09. The fraction of sp³-hybridized carbons (Fsp3) is 0.500. The van der Waals surface area contributed by atoms with Crippen molar-refractivity contribution in [3.8, 4) is 5.75 Å². The van der Waals surface area contributed by atoms with E-state index in [2.05, 4.69) is 20.8 Å². The Balaban J connectivity index is 0.000000516. The summed E-state index contributed by atoms with van der Waals surface area (Å²) in [7, 11) is 0. The summed E-state index contributed by atoms with van der Waals surface area (Å²) in [4.78, 5) is 22.6. The number of aliphatic carboxylic acids is 1. The molecule has 0 aliphatic carbocycles. The Morgan fingerprint density at radius 1 is 1.24 bits per heavy atom. The highest BCUT2D eigenvalue weighted by Crippen LogP contribution is 2.20. The number of nitrogens with zero attached hydrogens (tertiary/aromatic N) is 1. The second kappa shape index (κ2) is 11.6. The molecule has 0 unspecified atom stereocenters. The largest absolute Gasteiger partial charge is 0.490 e. The number of halogens is 4. The first-order chi connectivity index (χ1) is 13.5. The lowest BCUT2D eigenvalue weighted by Gasteiger charge is -2.32. The number of hydrogen-bond donors (Lipinski definition) is 2. The molecular weight excluding hydrogens is 461 g/mol. The number of ether oxygens (including phenoxy) is 2. The van der Waals surface area contributed by atoms with E-state index in [1.807, 2.05) is 6.92 Å². The molecule has 0 aromatic heterocycles. The van der Waals surface area contributed by atoms with Crippen molar-refractivity contribution in [2.45, 2.75) is 32.0 Å². The monoisotopic (exact) mass is 482 g/mol. The molecule has 1 aliphatic heterocycles. The van der Waals surface area contributed by atoms with Gasteiger partial charge in [-0.3, -0.25) is 5.41 Å². The van der Waals surface area contributed by atoms with Crippen molar-refractivity contribution >= 4 is 33.7 Å². The molecule has 29 heavy (non-hydrogen) atoms. The number of alkyl halides is 4. The topological polar surface area (TPSA) is 99.9 Å². The summed E-state index contributed by atoms with van der Waals surface area (Å²) in [6.07, 6.45) is -3.10. The maximum atomic E-state index is 11.7. The third-order valence-corrected chi connectivity index (χ3v) is 4.19. The van der Waals surface area contributed by atoms with E-state index in [1.54, 1.807) is 24.3 Å². The second-order valence-corrected chi connectivity index (χ2v) is 6.83. The van der Waals surface area contributed by atoms with Crippen molar-refractivity contribution in [3.63, 3.8) is 0 Å². The molecule has 7 nitrogen and oxygen atoms in total. The molecule has 1 aromatic carbocycles. The molecule has 1 fully saturated rings. The molecule has 0 bridgehead atoms. The number of likely N-dealkylation sites (tertiary alicyclic amines) is 1. The molecule has 0 amide bonds. The highest BCUT2D eigenvalue weighted by atomic mass is 79.9. The summed E-state index contributed by atoms with van der Waals surface area (Å²) in [6.45, 7) is 3.89. The number of esters is 1. The van der Waals surface area contributed by atoms with Gasteiger partial charge in [0, 0.05) is 31.3 Å². The molecule has 0 radical (unpaired) electrons. The van der Waals surface area contributed by atoms with Crippen LogP contribution >= 0.6 is 15.9 Å². The minimum Gasteiger partial charge on any atom is -0.490 e. The van der Waals surface area contributed by atoms with Crippen LogP contribution in [0.1, 0.15) is 30.1 Å². The highest BCUT2D eigenvalue weighted by Gasteiger charge is 2.38. The van der Waals surface area contributed by atoms with Crippen LogP contribution < -0.4 is 4.74 Å². The first-order valence-electron chi connectivity index (χ1n) is 8.64. The Labute approximate surface area is 174 Å². The molecule has 0 spiro atoms. The molecule has 1 aliphatic rings. The van der Waals surface area contributed by atoms with Gasteiger partial charge in [-0.1, -0.05) is 15.9 Å². The lowest BCUT2D eigenvalue weighted by atomic mass is 10.1. The predicted octanol–water partition coefficient (Wildman–Crippen LogP) is 3.71. The minimum absolute atomic E-state index is 0.168. The quantitative estimate of drug-likeness (QED) is 0.287. The number of carbonyl (C=O) groups excluding carboxylic acids is 1. The summed E-state index contributed by atoms with van der Waals surface area (Å²) in [5.41, 5.74) is 0.530. The van der Waals surface area contributed by atoms with Gasteiger partial charge in [-0.15, -0.1) is 0 Å². The van der Waals surface area contributed by atoms with E-state index in [9.17, 15) is 18.0 Å². The van der Waals surface area contributed by atoms with Crippen LogP contribution in [0.3, 0.4) is 0 Å². The van der Waals surface area contributed by atoms with Crippen LogP contribution in [0.25, 0.3) is 0 Å². The summed E-state index contributed by atoms with van der Waals surface area (Å²) in [6, 6.07) is 7.06. The molecule has 1 saturated heterocycles. The standard InChI is InChI=1S/C16H21BrN2O3.C2HF3O2/c1-12(18)19-9-6-15(7-10-19)22-14-4-2-13(3-5-14)16(20)21-11-8-17;3-2(4,5)1(6)7/h2-5,15,18H,6-11H2,1H3;(H,6,7). The van der Waals surface area contributed by atoms with E-state index >= 15 is 0 Å². The normalized spacial score (nSPS) is 14.4. The van der Waals surface area contributed by atoms with Gasteiger partial charge in [0.2, 0.25) is 0 Å². The average molecular weight is 483 g/mol. The third-order valence-electron chi connectivity index (χ3n) is 3.86. The lowest BCUT2D eigenvalue weighted by molar-refractivity contribution is -0.192. The van der Waals surface area contributed by atoms with E-state index in [-0.39, 0.29) is 12.1 Å². The second-order valence-electron chi connectivity index (χ2n) is 6.04. The van der Waals surface area contributed by atoms with Crippen molar-refractivity contribution in [1.82, 2.24) is 4.90 Å². The molecular formula is C18H22BrF3N2O5. The SMILES string of the molecule is CC(=N)N1CCC(Oc2ccc(C(=O)OCCBr)cc2)CC1.O=C(O)C(F)(F)F. The smallest absolute Gasteiger partial charge is 0.490 e. The van der Waals surface area contributed by atoms with Gasteiger partial charge in [0.1, 0.15) is 18.5 Å². The summed E-state index contributed by atoms with van der Waals surface area (Å²) < 4.78 is 42.7. The number of hydrogen-bond acceptors (Lipinski definition) is 5. The van der Waals surface area contributed by atoms with Crippen molar-refractivity contribution < 1.29 is 37.3 Å². The van der Waals surface area contributed by atoms with E-state index in [0.29, 0.717) is 23.3 Å². The van der Waals surface area contributed by atoms with Crippen LogP contribution in [0, 0.1) is 5.41 Å². The summed E-state index contributed by atoms with van der Waals surface area (Å²) in [5, 5.41) is 15.4. The fourth-order valence-corrected chi connectivity index (χ4v) is 2.55. The number of amidine groups is 1. The van der Waals surface area contributed by atoms with Crippen molar-refractivity contribution in [1.29, 1.82) is 5.41 Å². The molecule has 0 saturated carbocycles. The Bertz CT molecular complexity index is 690. The van der Waals surface area contributed by atoms with Gasteiger partial charge in [-0.25, -0.2) is 9.59 Å². The van der Waals surface area contributed by atoms with Gasteiger partial charge >= 0.3 is 18.1 Å². The Kier molecular flexibility index (Phi) is 9.93. The zero-order chi connectivity index (χ0) is 22.0. The first kappa shape index (κ1) is 24.7. The Morgan fingerprint density at radius 2 is 1.76 bits per heavy atom. The van der Waals surface area contributed by atoms with Gasteiger partial charge in [0.15, 0.2) is 0 Å². The van der Waals surface area contributed by atoms with E-state index in [1.165, 1.54) is 0 Å². The molecule has 11 heteroatoms. The van der Waals surface area contributed by atoms with Crippen LogP contribution in [-0.2, 0) is 9.53 Å². The van der Waals surface area contributed by atoms with Gasteiger partial charge in [0.25, 0.3) is 0 Å². The minimum atomic E-state index is -5.08. The molecule has 1 heterocycles. The first-order valence-corrected chi connectivity index (χ1v) is 9.76. The number of carboxylic acid groups (broad SMARTS) is 1. The van der Waals surface area contributed by atoms with Gasteiger partial charge in [-0.05, 0) is 31.2 Å². The van der Waals surface area contributed by atoms with Crippen LogP contribution in [0.5, 0.6) is 5.75 Å². The number of piperidine rings is 1. The lowest BCUT2D eigenvalue weighted by Crippen LogP contribution is -2.40.